The summed E-state index contributed by atoms with van der Waals surface area (Å²) in [6, 6.07) is 7.25. The van der Waals surface area contributed by atoms with Crippen molar-refractivity contribution >= 4 is 28.7 Å². The lowest BCUT2D eigenvalue weighted by atomic mass is 10.00. The Hall–Kier alpha value is -1.73. The molecule has 1 aliphatic heterocycles. The minimum atomic E-state index is -0.420. The molecule has 2 rings (SSSR count). The Labute approximate surface area is 129 Å². The first-order valence-corrected chi connectivity index (χ1v) is 7.49. The topological polar surface area (TPSA) is 70.4 Å². The molecule has 114 valence electrons. The number of piperidine rings is 1. The van der Waals surface area contributed by atoms with Gasteiger partial charge in [-0.3, -0.25) is 15.5 Å². The number of anilines is 1. The number of thiocarbonyl (C=S) groups is 1. The zero-order valence-electron chi connectivity index (χ0n) is 12.2. The Bertz CT molecular complexity index is 527. The third-order valence-electron chi connectivity index (χ3n) is 3.77. The maximum atomic E-state index is 11.0. The van der Waals surface area contributed by atoms with Crippen molar-refractivity contribution in [3.8, 4) is 0 Å². The lowest BCUT2D eigenvalue weighted by molar-refractivity contribution is -0.383. The molecule has 0 saturated carbocycles. The van der Waals surface area contributed by atoms with E-state index in [9.17, 15) is 10.1 Å². The van der Waals surface area contributed by atoms with Crippen molar-refractivity contribution in [2.45, 2.75) is 45.2 Å². The fourth-order valence-corrected chi connectivity index (χ4v) is 2.86. The monoisotopic (exact) mass is 308 g/mol. The molecule has 1 heterocycles. The van der Waals surface area contributed by atoms with Crippen LogP contribution >= 0.6 is 12.2 Å². The summed E-state index contributed by atoms with van der Waals surface area (Å²) in [5.74, 6) is 0. The van der Waals surface area contributed by atoms with Crippen LogP contribution < -0.4 is 10.7 Å². The highest BCUT2D eigenvalue weighted by Crippen LogP contribution is 2.24. The molecule has 2 atom stereocenters. The maximum absolute atomic E-state index is 11.0. The second-order valence-corrected chi connectivity index (χ2v) is 5.78. The molecular formula is C14H20N4O2S. The van der Waals surface area contributed by atoms with Gasteiger partial charge in [0, 0.05) is 18.2 Å². The number of hydrazine groups is 1. The predicted octanol–water partition coefficient (Wildman–Crippen LogP) is 3.06. The number of para-hydroxylation sites is 2. The highest BCUT2D eigenvalue weighted by atomic mass is 32.1. The second-order valence-electron chi connectivity index (χ2n) is 5.38. The van der Waals surface area contributed by atoms with E-state index in [1.165, 1.54) is 12.5 Å². The van der Waals surface area contributed by atoms with Gasteiger partial charge in [-0.15, -0.1) is 0 Å². The molecule has 2 unspecified atom stereocenters. The molecule has 0 aromatic heterocycles. The molecule has 1 aromatic rings. The molecule has 0 spiro atoms. The van der Waals surface area contributed by atoms with Gasteiger partial charge >= 0.3 is 0 Å². The Morgan fingerprint density at radius 2 is 1.95 bits per heavy atom. The van der Waals surface area contributed by atoms with Gasteiger partial charge in [0.2, 0.25) is 0 Å². The molecule has 1 aromatic carbocycles. The summed E-state index contributed by atoms with van der Waals surface area (Å²) >= 11 is 5.28. The normalized spacial score (nSPS) is 22.6. The smallest absolute Gasteiger partial charge is 0.292 e. The molecule has 1 aliphatic rings. The molecule has 7 heteroatoms. The van der Waals surface area contributed by atoms with Crippen molar-refractivity contribution in [1.29, 1.82) is 0 Å². The molecule has 0 aliphatic carbocycles. The molecule has 21 heavy (non-hydrogen) atoms. The van der Waals surface area contributed by atoms with Gasteiger partial charge in [-0.25, -0.2) is 5.01 Å². The highest BCUT2D eigenvalue weighted by molar-refractivity contribution is 7.80. The third kappa shape index (κ3) is 3.89. The summed E-state index contributed by atoms with van der Waals surface area (Å²) in [5, 5.41) is 16.4. The number of nitro groups is 1. The minimum Gasteiger partial charge on any atom is -0.326 e. The van der Waals surface area contributed by atoms with E-state index in [2.05, 4.69) is 29.6 Å². The lowest BCUT2D eigenvalue weighted by Gasteiger charge is -2.39. The van der Waals surface area contributed by atoms with Gasteiger partial charge in [-0.1, -0.05) is 18.6 Å². The summed E-state index contributed by atoms with van der Waals surface area (Å²) in [4.78, 5) is 10.6. The molecule has 0 radical (unpaired) electrons. The van der Waals surface area contributed by atoms with E-state index in [4.69, 9.17) is 12.2 Å². The third-order valence-corrected chi connectivity index (χ3v) is 3.97. The van der Waals surface area contributed by atoms with Crippen molar-refractivity contribution < 1.29 is 4.92 Å². The minimum absolute atomic E-state index is 0.0152. The summed E-state index contributed by atoms with van der Waals surface area (Å²) in [6.45, 7) is 4.30. The van der Waals surface area contributed by atoms with E-state index in [0.717, 1.165) is 12.8 Å². The van der Waals surface area contributed by atoms with Crippen LogP contribution in [-0.4, -0.2) is 27.1 Å². The van der Waals surface area contributed by atoms with E-state index < -0.39 is 4.92 Å². The first kappa shape index (κ1) is 15.7. The summed E-state index contributed by atoms with van der Waals surface area (Å²) < 4.78 is 0. The van der Waals surface area contributed by atoms with E-state index in [-0.39, 0.29) is 5.69 Å². The number of hydrogen-bond acceptors (Lipinski definition) is 4. The molecule has 1 fully saturated rings. The largest absolute Gasteiger partial charge is 0.326 e. The van der Waals surface area contributed by atoms with Gasteiger partial charge in [-0.05, 0) is 45.0 Å². The van der Waals surface area contributed by atoms with Crippen molar-refractivity contribution in [3.05, 3.63) is 34.4 Å². The molecule has 2 N–H and O–H groups in total. The van der Waals surface area contributed by atoms with Gasteiger partial charge in [0.05, 0.1) is 4.92 Å². The SMILES string of the molecule is CC1CCCC(C)N1NC(=S)Nc1ccccc1[N+](=O)[O-]. The number of nitro benzene ring substituents is 1. The van der Waals surface area contributed by atoms with Crippen LogP contribution in [0.3, 0.4) is 0 Å². The van der Waals surface area contributed by atoms with Crippen LogP contribution in [-0.2, 0) is 0 Å². The zero-order chi connectivity index (χ0) is 15.4. The molecule has 0 bridgehead atoms. The number of benzene rings is 1. The first-order valence-electron chi connectivity index (χ1n) is 7.08. The average Bonchev–Trinajstić information content (AvgIpc) is 2.43. The van der Waals surface area contributed by atoms with Crippen molar-refractivity contribution in [2.24, 2.45) is 0 Å². The van der Waals surface area contributed by atoms with Crippen LogP contribution in [0.15, 0.2) is 24.3 Å². The Morgan fingerprint density at radius 1 is 1.33 bits per heavy atom. The Morgan fingerprint density at radius 3 is 2.57 bits per heavy atom. The van der Waals surface area contributed by atoms with E-state index in [0.29, 0.717) is 22.9 Å². The molecule has 1 saturated heterocycles. The quantitative estimate of drug-likeness (QED) is 0.508. The summed E-state index contributed by atoms with van der Waals surface area (Å²) in [7, 11) is 0. The van der Waals surface area contributed by atoms with Gasteiger partial charge in [0.1, 0.15) is 5.69 Å². The number of hydrogen-bond donors (Lipinski definition) is 2. The van der Waals surface area contributed by atoms with E-state index >= 15 is 0 Å². The maximum Gasteiger partial charge on any atom is 0.292 e. The molecular weight excluding hydrogens is 288 g/mol. The Kier molecular flexibility index (Phi) is 5.08. The van der Waals surface area contributed by atoms with Gasteiger partial charge in [-0.2, -0.15) is 0 Å². The first-order chi connectivity index (χ1) is 9.99. The van der Waals surface area contributed by atoms with Crippen LogP contribution in [0.5, 0.6) is 0 Å². The fourth-order valence-electron chi connectivity index (χ4n) is 2.65. The summed E-state index contributed by atoms with van der Waals surface area (Å²) in [6.07, 6.45) is 3.45. The number of nitrogens with zero attached hydrogens (tertiary/aromatic N) is 2. The fraction of sp³-hybridized carbons (Fsp3) is 0.500. The van der Waals surface area contributed by atoms with E-state index in [1.54, 1.807) is 18.2 Å². The highest BCUT2D eigenvalue weighted by Gasteiger charge is 2.25. The van der Waals surface area contributed by atoms with Crippen LogP contribution in [0.4, 0.5) is 11.4 Å². The van der Waals surface area contributed by atoms with Crippen molar-refractivity contribution in [2.75, 3.05) is 5.32 Å². The van der Waals surface area contributed by atoms with Crippen LogP contribution in [0, 0.1) is 10.1 Å². The molecule has 0 amide bonds. The van der Waals surface area contributed by atoms with E-state index in [1.807, 2.05) is 0 Å². The van der Waals surface area contributed by atoms with Crippen LogP contribution in [0.25, 0.3) is 0 Å². The number of rotatable bonds is 3. The lowest BCUT2D eigenvalue weighted by Crippen LogP contribution is -2.55. The van der Waals surface area contributed by atoms with Crippen molar-refractivity contribution in [3.63, 3.8) is 0 Å². The van der Waals surface area contributed by atoms with Gasteiger partial charge in [0.25, 0.3) is 5.69 Å². The zero-order valence-corrected chi connectivity index (χ0v) is 13.0. The van der Waals surface area contributed by atoms with Crippen LogP contribution in [0.1, 0.15) is 33.1 Å². The molecule has 6 nitrogen and oxygen atoms in total. The van der Waals surface area contributed by atoms with Gasteiger partial charge in [0.15, 0.2) is 5.11 Å². The predicted molar refractivity (Wildman–Crippen MR) is 87.1 cm³/mol. The van der Waals surface area contributed by atoms with Crippen LogP contribution in [0.2, 0.25) is 0 Å². The Balaban J connectivity index is 2.03. The second kappa shape index (κ2) is 6.82. The van der Waals surface area contributed by atoms with Gasteiger partial charge < -0.3 is 5.32 Å². The number of nitrogens with one attached hydrogen (secondary N) is 2. The standard InChI is InChI=1S/C14H20N4O2S/c1-10-6-5-7-11(2)17(10)16-14(21)15-12-8-3-4-9-13(12)18(19)20/h3-4,8-11H,5-7H2,1-2H3,(H2,15,16,21). The average molecular weight is 308 g/mol. The summed E-state index contributed by atoms with van der Waals surface area (Å²) in [5.41, 5.74) is 3.58. The van der Waals surface area contributed by atoms with Crippen molar-refractivity contribution in [1.82, 2.24) is 10.4 Å².